The summed E-state index contributed by atoms with van der Waals surface area (Å²) in [5, 5.41) is 0.318. The Labute approximate surface area is 119 Å². The molecule has 6 heteroatoms. The number of imidazole rings is 1. The number of aromatic nitrogens is 3. The summed E-state index contributed by atoms with van der Waals surface area (Å²) in [7, 11) is 0. The first-order chi connectivity index (χ1) is 9.65. The van der Waals surface area contributed by atoms with Gasteiger partial charge in [-0.1, -0.05) is 11.6 Å². The van der Waals surface area contributed by atoms with E-state index in [1.807, 2.05) is 6.07 Å². The first kappa shape index (κ1) is 12.6. The number of pyridine rings is 1. The summed E-state index contributed by atoms with van der Waals surface area (Å²) in [4.78, 5) is 8.13. The Morgan fingerprint density at radius 2 is 2.10 bits per heavy atom. The van der Waals surface area contributed by atoms with Crippen LogP contribution in [0.3, 0.4) is 0 Å². The van der Waals surface area contributed by atoms with Crippen molar-refractivity contribution >= 4 is 17.4 Å². The van der Waals surface area contributed by atoms with Crippen molar-refractivity contribution in [1.29, 1.82) is 0 Å². The molecule has 0 unspecified atom stereocenters. The molecule has 3 rings (SSSR count). The molecule has 0 amide bonds. The second-order valence-electron chi connectivity index (χ2n) is 4.21. The molecule has 1 aromatic carbocycles. The number of nitrogens with zero attached hydrogens (tertiary/aromatic N) is 3. The molecule has 0 saturated carbocycles. The maximum Gasteiger partial charge on any atom is 0.132 e. The van der Waals surface area contributed by atoms with Gasteiger partial charge < -0.3 is 5.73 Å². The molecule has 0 radical (unpaired) electrons. The number of halogens is 2. The summed E-state index contributed by atoms with van der Waals surface area (Å²) in [6.45, 7) is 0. The van der Waals surface area contributed by atoms with Gasteiger partial charge in [0.05, 0.1) is 23.9 Å². The lowest BCUT2D eigenvalue weighted by Crippen LogP contribution is -1.99. The van der Waals surface area contributed by atoms with Gasteiger partial charge in [-0.3, -0.25) is 4.57 Å². The maximum atomic E-state index is 13.5. The van der Waals surface area contributed by atoms with E-state index in [-0.39, 0.29) is 0 Å². The molecule has 2 N–H and O–H groups in total. The van der Waals surface area contributed by atoms with Gasteiger partial charge in [-0.25, -0.2) is 14.4 Å². The van der Waals surface area contributed by atoms with E-state index in [0.717, 1.165) is 11.3 Å². The van der Waals surface area contributed by atoms with Crippen molar-refractivity contribution in [1.82, 2.24) is 14.5 Å². The van der Waals surface area contributed by atoms with Crippen LogP contribution in [0.4, 0.5) is 10.2 Å². The van der Waals surface area contributed by atoms with Gasteiger partial charge in [0.25, 0.3) is 0 Å². The minimum Gasteiger partial charge on any atom is -0.383 e. The van der Waals surface area contributed by atoms with Gasteiger partial charge in [0, 0.05) is 16.8 Å². The minimum atomic E-state index is -0.411. The summed E-state index contributed by atoms with van der Waals surface area (Å²) in [5.41, 5.74) is 7.89. The molecule has 0 aliphatic rings. The fourth-order valence-corrected chi connectivity index (χ4v) is 2.23. The van der Waals surface area contributed by atoms with Crippen LogP contribution in [0.25, 0.3) is 16.9 Å². The van der Waals surface area contributed by atoms with E-state index >= 15 is 0 Å². The van der Waals surface area contributed by atoms with E-state index in [9.17, 15) is 4.39 Å². The number of rotatable bonds is 2. The molecule has 100 valence electrons. The normalized spacial score (nSPS) is 10.7. The monoisotopic (exact) mass is 288 g/mol. The standard InChI is InChI=1S/C14H10ClFN4/c15-9-4-10(16)6-11(5-9)20-8-18-7-13(20)12-2-1-3-19-14(12)17/h1-8H,(H2,17,19). The molecule has 0 bridgehead atoms. The van der Waals surface area contributed by atoms with Crippen LogP contribution in [0.1, 0.15) is 0 Å². The van der Waals surface area contributed by atoms with Crippen LogP contribution in [0.2, 0.25) is 5.02 Å². The first-order valence-corrected chi connectivity index (χ1v) is 6.22. The fraction of sp³-hybridized carbons (Fsp3) is 0. The number of nitrogen functional groups attached to an aromatic ring is 1. The van der Waals surface area contributed by atoms with Crippen LogP contribution in [0.5, 0.6) is 0 Å². The van der Waals surface area contributed by atoms with E-state index < -0.39 is 5.82 Å². The highest BCUT2D eigenvalue weighted by Gasteiger charge is 2.11. The van der Waals surface area contributed by atoms with E-state index in [4.69, 9.17) is 17.3 Å². The van der Waals surface area contributed by atoms with Crippen LogP contribution in [-0.4, -0.2) is 14.5 Å². The van der Waals surface area contributed by atoms with Crippen molar-refractivity contribution in [3.05, 3.63) is 59.9 Å². The van der Waals surface area contributed by atoms with E-state index in [2.05, 4.69) is 9.97 Å². The Hall–Kier alpha value is -2.40. The molecule has 2 heterocycles. The van der Waals surface area contributed by atoms with Crippen molar-refractivity contribution in [2.24, 2.45) is 0 Å². The predicted molar refractivity (Wildman–Crippen MR) is 76.2 cm³/mol. The van der Waals surface area contributed by atoms with Crippen molar-refractivity contribution in [2.45, 2.75) is 0 Å². The lowest BCUT2D eigenvalue weighted by molar-refractivity contribution is 0.626. The summed E-state index contributed by atoms with van der Waals surface area (Å²) < 4.78 is 15.2. The number of anilines is 1. The molecular weight excluding hydrogens is 279 g/mol. The molecule has 0 aliphatic heterocycles. The number of hydrogen-bond donors (Lipinski definition) is 1. The summed E-state index contributed by atoms with van der Waals surface area (Å²) in [6, 6.07) is 7.89. The van der Waals surface area contributed by atoms with Gasteiger partial charge in [0.2, 0.25) is 0 Å². The van der Waals surface area contributed by atoms with Gasteiger partial charge in [-0.2, -0.15) is 0 Å². The number of hydrogen-bond acceptors (Lipinski definition) is 3. The number of nitrogens with two attached hydrogens (primary N) is 1. The smallest absolute Gasteiger partial charge is 0.132 e. The highest BCUT2D eigenvalue weighted by Crippen LogP contribution is 2.27. The predicted octanol–water partition coefficient (Wildman–Crippen LogP) is 3.31. The van der Waals surface area contributed by atoms with Crippen LogP contribution >= 0.6 is 11.6 Å². The van der Waals surface area contributed by atoms with Crippen molar-refractivity contribution < 1.29 is 4.39 Å². The Balaban J connectivity index is 2.18. The molecule has 0 saturated heterocycles. The Kier molecular flexibility index (Phi) is 3.12. The lowest BCUT2D eigenvalue weighted by Gasteiger charge is -2.10. The van der Waals surface area contributed by atoms with Crippen molar-refractivity contribution in [3.8, 4) is 16.9 Å². The summed E-state index contributed by atoms with van der Waals surface area (Å²) >= 11 is 5.89. The fourth-order valence-electron chi connectivity index (χ4n) is 2.01. The minimum absolute atomic E-state index is 0.318. The first-order valence-electron chi connectivity index (χ1n) is 5.85. The van der Waals surface area contributed by atoms with Crippen LogP contribution in [-0.2, 0) is 0 Å². The zero-order valence-corrected chi connectivity index (χ0v) is 11.0. The molecular formula is C14H10ClFN4. The second-order valence-corrected chi connectivity index (χ2v) is 4.65. The van der Waals surface area contributed by atoms with Crippen LogP contribution < -0.4 is 5.73 Å². The van der Waals surface area contributed by atoms with Crippen molar-refractivity contribution in [3.63, 3.8) is 0 Å². The third-order valence-corrected chi connectivity index (χ3v) is 3.10. The molecule has 0 aliphatic carbocycles. The van der Waals surface area contributed by atoms with Gasteiger partial charge >= 0.3 is 0 Å². The second kappa shape index (κ2) is 4.94. The molecule has 3 aromatic rings. The summed E-state index contributed by atoms with van der Waals surface area (Å²) in [6.07, 6.45) is 4.83. The van der Waals surface area contributed by atoms with Gasteiger partial charge in [0.1, 0.15) is 11.6 Å². The van der Waals surface area contributed by atoms with E-state index in [0.29, 0.717) is 16.5 Å². The quantitative estimate of drug-likeness (QED) is 0.787. The third-order valence-electron chi connectivity index (χ3n) is 2.88. The zero-order chi connectivity index (χ0) is 14.1. The highest BCUT2D eigenvalue weighted by atomic mass is 35.5. The molecule has 4 nitrogen and oxygen atoms in total. The topological polar surface area (TPSA) is 56.7 Å². The Morgan fingerprint density at radius 1 is 1.25 bits per heavy atom. The van der Waals surface area contributed by atoms with Gasteiger partial charge in [-0.15, -0.1) is 0 Å². The molecule has 0 atom stereocenters. The highest BCUT2D eigenvalue weighted by molar-refractivity contribution is 6.30. The van der Waals surface area contributed by atoms with Gasteiger partial charge in [-0.05, 0) is 30.3 Å². The summed E-state index contributed by atoms with van der Waals surface area (Å²) in [5.74, 6) is -0.0249. The largest absolute Gasteiger partial charge is 0.383 e. The van der Waals surface area contributed by atoms with Gasteiger partial charge in [0.15, 0.2) is 0 Å². The van der Waals surface area contributed by atoms with Crippen LogP contribution in [0.15, 0.2) is 49.1 Å². The average molecular weight is 289 g/mol. The van der Waals surface area contributed by atoms with Crippen LogP contribution in [0, 0.1) is 5.82 Å². The van der Waals surface area contributed by atoms with E-state index in [1.165, 1.54) is 12.1 Å². The Morgan fingerprint density at radius 3 is 2.85 bits per heavy atom. The molecule has 0 spiro atoms. The molecule has 20 heavy (non-hydrogen) atoms. The molecule has 0 fully saturated rings. The molecule has 2 aromatic heterocycles. The maximum absolute atomic E-state index is 13.5. The van der Waals surface area contributed by atoms with E-state index in [1.54, 1.807) is 35.4 Å². The zero-order valence-electron chi connectivity index (χ0n) is 10.3. The van der Waals surface area contributed by atoms with Crippen molar-refractivity contribution in [2.75, 3.05) is 5.73 Å². The Bertz CT molecular complexity index is 749. The lowest BCUT2D eigenvalue weighted by atomic mass is 10.2. The number of benzene rings is 1. The average Bonchev–Trinajstić information content (AvgIpc) is 2.87. The third kappa shape index (κ3) is 2.23. The SMILES string of the molecule is Nc1ncccc1-c1cncn1-c1cc(F)cc(Cl)c1.